The van der Waals surface area contributed by atoms with Crippen LogP contribution in [0, 0.1) is 0 Å². The first kappa shape index (κ1) is 11.0. The van der Waals surface area contributed by atoms with Crippen molar-refractivity contribution in [2.24, 2.45) is 0 Å². The third-order valence-electron chi connectivity index (χ3n) is 2.22. The zero-order chi connectivity index (χ0) is 11.5. The van der Waals surface area contributed by atoms with Crippen LogP contribution in [0.1, 0.15) is 0 Å². The highest BCUT2D eigenvalue weighted by Gasteiger charge is 2.09. The molecule has 16 heavy (non-hydrogen) atoms. The van der Waals surface area contributed by atoms with E-state index in [0.29, 0.717) is 0 Å². The normalized spacial score (nSPS) is 10.2. The summed E-state index contributed by atoms with van der Waals surface area (Å²) in [4.78, 5) is 7.19. The molecule has 0 atom stereocenters. The van der Waals surface area contributed by atoms with Gasteiger partial charge in [0.2, 0.25) is 0 Å². The minimum absolute atomic E-state index is 0.740. The van der Waals surface area contributed by atoms with Crippen molar-refractivity contribution in [2.75, 3.05) is 14.2 Å². The van der Waals surface area contributed by atoms with E-state index in [4.69, 9.17) is 9.47 Å². The first-order chi connectivity index (χ1) is 7.74. The Kier molecular flexibility index (Phi) is 3.14. The van der Waals surface area contributed by atoms with Crippen molar-refractivity contribution < 1.29 is 9.47 Å². The fraction of sp³-hybridized carbons (Fsp3) is 0.182. The van der Waals surface area contributed by atoms with Crippen molar-refractivity contribution in [1.82, 2.24) is 9.97 Å². The van der Waals surface area contributed by atoms with Crippen molar-refractivity contribution in [1.29, 1.82) is 0 Å². The highest BCUT2D eigenvalue weighted by Crippen LogP contribution is 2.31. The van der Waals surface area contributed by atoms with Gasteiger partial charge in [0.1, 0.15) is 21.8 Å². The predicted molar refractivity (Wildman–Crippen MR) is 64.8 cm³/mol. The predicted octanol–water partition coefficient (Wildman–Crippen LogP) is 2.86. The van der Waals surface area contributed by atoms with E-state index in [0.717, 1.165) is 27.4 Å². The number of benzene rings is 1. The Balaban J connectivity index is 2.52. The van der Waals surface area contributed by atoms with Crippen LogP contribution in [-0.2, 0) is 0 Å². The average Bonchev–Trinajstić information content (AvgIpc) is 2.74. The van der Waals surface area contributed by atoms with Gasteiger partial charge in [0.25, 0.3) is 0 Å². The third kappa shape index (κ3) is 2.04. The summed E-state index contributed by atoms with van der Waals surface area (Å²) in [6, 6.07) is 5.64. The zero-order valence-corrected chi connectivity index (χ0v) is 10.5. The number of H-pyrrole nitrogens is 1. The number of hydrogen-bond acceptors (Lipinski definition) is 3. The highest BCUT2D eigenvalue weighted by atomic mass is 79.9. The summed E-state index contributed by atoms with van der Waals surface area (Å²) in [5.74, 6) is 1.48. The van der Waals surface area contributed by atoms with E-state index in [1.54, 1.807) is 20.5 Å². The Morgan fingerprint density at radius 2 is 1.75 bits per heavy atom. The van der Waals surface area contributed by atoms with Gasteiger partial charge in [0.15, 0.2) is 0 Å². The van der Waals surface area contributed by atoms with Gasteiger partial charge in [-0.2, -0.15) is 0 Å². The van der Waals surface area contributed by atoms with Crippen LogP contribution in [0.3, 0.4) is 0 Å². The molecule has 84 valence electrons. The maximum Gasteiger partial charge on any atom is 0.123 e. The van der Waals surface area contributed by atoms with Crippen LogP contribution in [0.5, 0.6) is 11.5 Å². The summed E-state index contributed by atoms with van der Waals surface area (Å²) in [7, 11) is 3.25. The molecular weight excluding hydrogens is 272 g/mol. The molecule has 4 nitrogen and oxygen atoms in total. The van der Waals surface area contributed by atoms with Gasteiger partial charge in [-0.25, -0.2) is 4.98 Å². The molecule has 0 amide bonds. The minimum Gasteiger partial charge on any atom is -0.497 e. The molecule has 5 heteroatoms. The second-order valence-corrected chi connectivity index (χ2v) is 3.96. The van der Waals surface area contributed by atoms with Gasteiger partial charge in [-0.1, -0.05) is 0 Å². The number of halogens is 1. The molecule has 0 fully saturated rings. The van der Waals surface area contributed by atoms with Gasteiger partial charge in [0.05, 0.1) is 20.5 Å². The maximum absolute atomic E-state index is 5.20. The Morgan fingerprint density at radius 3 is 2.19 bits per heavy atom. The smallest absolute Gasteiger partial charge is 0.123 e. The highest BCUT2D eigenvalue weighted by molar-refractivity contribution is 9.10. The van der Waals surface area contributed by atoms with Gasteiger partial charge < -0.3 is 14.5 Å². The third-order valence-corrected chi connectivity index (χ3v) is 2.82. The molecule has 1 aromatic carbocycles. The molecule has 0 radical (unpaired) electrons. The number of aromatic amines is 1. The van der Waals surface area contributed by atoms with Crippen molar-refractivity contribution >= 4 is 15.9 Å². The first-order valence-electron chi connectivity index (χ1n) is 4.67. The molecule has 2 aromatic rings. The van der Waals surface area contributed by atoms with E-state index in [1.807, 2.05) is 18.2 Å². The summed E-state index contributed by atoms with van der Waals surface area (Å²) in [6.45, 7) is 0. The monoisotopic (exact) mass is 282 g/mol. The molecule has 0 spiro atoms. The quantitative estimate of drug-likeness (QED) is 0.942. The standard InChI is InChI=1S/C11H11BrN2O2/c1-15-8-3-7(4-9(5-8)16-2)10-11(12)14-6-13-10/h3-6H,1-2H3,(H,13,14). The average molecular weight is 283 g/mol. The number of nitrogens with zero attached hydrogens (tertiary/aromatic N) is 1. The van der Waals surface area contributed by atoms with Crippen LogP contribution in [0.4, 0.5) is 0 Å². The van der Waals surface area contributed by atoms with Crippen LogP contribution >= 0.6 is 15.9 Å². The first-order valence-corrected chi connectivity index (χ1v) is 5.46. The van der Waals surface area contributed by atoms with Crippen molar-refractivity contribution in [3.05, 3.63) is 29.1 Å². The molecule has 0 saturated heterocycles. The number of nitrogens with one attached hydrogen (secondary N) is 1. The molecule has 0 aliphatic carbocycles. The SMILES string of the molecule is COc1cc(OC)cc(-c2nc[nH]c2Br)c1. The summed E-state index contributed by atoms with van der Waals surface area (Å²) in [5, 5.41) is 0. The molecule has 0 unspecified atom stereocenters. The second-order valence-electron chi connectivity index (χ2n) is 3.17. The topological polar surface area (TPSA) is 47.1 Å². The maximum atomic E-state index is 5.20. The molecule has 1 heterocycles. The lowest BCUT2D eigenvalue weighted by atomic mass is 10.1. The van der Waals surface area contributed by atoms with Gasteiger partial charge >= 0.3 is 0 Å². The minimum atomic E-state index is 0.740. The molecule has 0 saturated carbocycles. The lowest BCUT2D eigenvalue weighted by Crippen LogP contribution is -1.89. The Labute approximate surface area is 102 Å². The summed E-state index contributed by atoms with van der Waals surface area (Å²) in [6.07, 6.45) is 1.63. The van der Waals surface area contributed by atoms with Gasteiger partial charge in [-0.05, 0) is 28.1 Å². The Bertz CT molecular complexity index is 474. The number of ether oxygens (including phenoxy) is 2. The Morgan fingerprint density at radius 1 is 1.12 bits per heavy atom. The van der Waals surface area contributed by atoms with Crippen LogP contribution in [0.2, 0.25) is 0 Å². The largest absolute Gasteiger partial charge is 0.497 e. The van der Waals surface area contributed by atoms with E-state index < -0.39 is 0 Å². The van der Waals surface area contributed by atoms with Gasteiger partial charge in [-0.3, -0.25) is 0 Å². The van der Waals surface area contributed by atoms with Crippen molar-refractivity contribution in [3.63, 3.8) is 0 Å². The Hall–Kier alpha value is -1.49. The second kappa shape index (κ2) is 4.57. The molecule has 2 rings (SSSR count). The van der Waals surface area contributed by atoms with Crippen LogP contribution in [0.15, 0.2) is 29.1 Å². The van der Waals surface area contributed by atoms with E-state index in [2.05, 4.69) is 25.9 Å². The molecule has 0 bridgehead atoms. The molecule has 0 aliphatic rings. The van der Waals surface area contributed by atoms with Gasteiger partial charge in [-0.15, -0.1) is 0 Å². The number of imidazole rings is 1. The summed E-state index contributed by atoms with van der Waals surface area (Å²) in [5.41, 5.74) is 1.77. The van der Waals surface area contributed by atoms with E-state index in [-0.39, 0.29) is 0 Å². The van der Waals surface area contributed by atoms with E-state index in [9.17, 15) is 0 Å². The summed E-state index contributed by atoms with van der Waals surface area (Å²) >= 11 is 3.40. The number of methoxy groups -OCH3 is 2. The lowest BCUT2D eigenvalue weighted by Gasteiger charge is -2.07. The lowest BCUT2D eigenvalue weighted by molar-refractivity contribution is 0.394. The summed E-state index contributed by atoms with van der Waals surface area (Å²) < 4.78 is 11.2. The van der Waals surface area contributed by atoms with Crippen LogP contribution < -0.4 is 9.47 Å². The van der Waals surface area contributed by atoms with Crippen molar-refractivity contribution in [2.45, 2.75) is 0 Å². The molecular formula is C11H11BrN2O2. The van der Waals surface area contributed by atoms with Crippen LogP contribution in [0.25, 0.3) is 11.3 Å². The fourth-order valence-corrected chi connectivity index (χ4v) is 1.86. The molecule has 1 aromatic heterocycles. The molecule has 1 N–H and O–H groups in total. The van der Waals surface area contributed by atoms with E-state index >= 15 is 0 Å². The fourth-order valence-electron chi connectivity index (χ4n) is 1.42. The number of hydrogen-bond donors (Lipinski definition) is 1. The number of rotatable bonds is 3. The van der Waals surface area contributed by atoms with E-state index in [1.165, 1.54) is 0 Å². The van der Waals surface area contributed by atoms with Gasteiger partial charge in [0, 0.05) is 11.6 Å². The van der Waals surface area contributed by atoms with Crippen molar-refractivity contribution in [3.8, 4) is 22.8 Å². The zero-order valence-electron chi connectivity index (χ0n) is 8.95. The molecule has 0 aliphatic heterocycles. The van der Waals surface area contributed by atoms with Crippen LogP contribution in [-0.4, -0.2) is 24.2 Å². The number of aromatic nitrogens is 2.